The van der Waals surface area contributed by atoms with E-state index in [1.165, 1.54) is 0 Å². The summed E-state index contributed by atoms with van der Waals surface area (Å²) in [6, 6.07) is 1.76. The first-order chi connectivity index (χ1) is 4.75. The Hall–Kier alpha value is -0.820. The largest absolute Gasteiger partial charge is 0.261 e. The molecule has 0 bridgehead atoms. The smallest absolute Gasteiger partial charge is 0.0511 e. The molecule has 1 heterocycles. The van der Waals surface area contributed by atoms with Gasteiger partial charge in [-0.1, -0.05) is 24.3 Å². The van der Waals surface area contributed by atoms with E-state index in [1.54, 1.807) is 18.3 Å². The molecular weight excluding hydrogens is 146 g/mol. The summed E-state index contributed by atoms with van der Waals surface area (Å²) in [5.74, 6) is 0. The zero-order chi connectivity index (χ0) is 7.56. The molecule has 0 radical (unpaired) electrons. The van der Waals surface area contributed by atoms with E-state index in [-0.39, 0.29) is 0 Å². The van der Waals surface area contributed by atoms with Gasteiger partial charge in [0.1, 0.15) is 0 Å². The van der Waals surface area contributed by atoms with E-state index in [0.717, 1.165) is 11.3 Å². The van der Waals surface area contributed by atoms with Gasteiger partial charge in [-0.3, -0.25) is 4.98 Å². The topological polar surface area (TPSA) is 12.9 Å². The Morgan fingerprint density at radius 2 is 2.40 bits per heavy atom. The van der Waals surface area contributed by atoms with E-state index < -0.39 is 0 Å². The molecule has 1 aromatic heterocycles. The molecule has 52 valence electrons. The number of pyridine rings is 1. The molecule has 0 atom stereocenters. The summed E-state index contributed by atoms with van der Waals surface area (Å²) in [5.41, 5.74) is 1.84. The molecule has 0 fully saturated rings. The highest BCUT2D eigenvalue weighted by molar-refractivity contribution is 6.32. The van der Waals surface area contributed by atoms with E-state index in [1.807, 2.05) is 6.92 Å². The molecule has 10 heavy (non-hydrogen) atoms. The van der Waals surface area contributed by atoms with Gasteiger partial charge < -0.3 is 0 Å². The number of hydrogen-bond acceptors (Lipinski definition) is 1. The van der Waals surface area contributed by atoms with Gasteiger partial charge in [0.2, 0.25) is 0 Å². The summed E-state index contributed by atoms with van der Waals surface area (Å²) in [5, 5.41) is 0.711. The molecule has 2 heteroatoms. The monoisotopic (exact) mass is 153 g/mol. The van der Waals surface area contributed by atoms with Crippen LogP contribution in [0.15, 0.2) is 18.8 Å². The van der Waals surface area contributed by atoms with Crippen molar-refractivity contribution in [3.8, 4) is 0 Å². The maximum Gasteiger partial charge on any atom is 0.0511 e. The minimum absolute atomic E-state index is 0.711. The first-order valence-corrected chi connectivity index (χ1v) is 3.37. The molecule has 0 aromatic carbocycles. The number of aromatic nitrogens is 1. The van der Waals surface area contributed by atoms with E-state index >= 15 is 0 Å². The van der Waals surface area contributed by atoms with Crippen LogP contribution in [0.1, 0.15) is 11.3 Å². The Labute approximate surface area is 65.4 Å². The lowest BCUT2D eigenvalue weighted by atomic mass is 10.2. The van der Waals surface area contributed by atoms with E-state index in [2.05, 4.69) is 11.6 Å². The normalized spacial score (nSPS) is 9.40. The van der Waals surface area contributed by atoms with Crippen molar-refractivity contribution in [3.63, 3.8) is 0 Å². The van der Waals surface area contributed by atoms with Crippen LogP contribution in [0.5, 0.6) is 0 Å². The molecule has 0 saturated carbocycles. The van der Waals surface area contributed by atoms with Gasteiger partial charge in [0.05, 0.1) is 5.02 Å². The molecule has 0 unspecified atom stereocenters. The second-order valence-corrected chi connectivity index (χ2v) is 2.40. The van der Waals surface area contributed by atoms with Crippen LogP contribution in [0, 0.1) is 6.92 Å². The number of rotatable bonds is 1. The van der Waals surface area contributed by atoms with Gasteiger partial charge in [0.15, 0.2) is 0 Å². The molecule has 0 amide bonds. The van der Waals surface area contributed by atoms with Gasteiger partial charge in [-0.2, -0.15) is 0 Å². The molecule has 0 spiro atoms. The average Bonchev–Trinajstić information content (AvgIpc) is 1.88. The fourth-order valence-corrected chi connectivity index (χ4v) is 1.06. The van der Waals surface area contributed by atoms with Crippen LogP contribution < -0.4 is 0 Å². The van der Waals surface area contributed by atoms with E-state index in [9.17, 15) is 0 Å². The third-order valence-corrected chi connectivity index (χ3v) is 1.67. The van der Waals surface area contributed by atoms with Crippen LogP contribution in [0.3, 0.4) is 0 Å². The quantitative estimate of drug-likeness (QED) is 0.605. The highest BCUT2D eigenvalue weighted by Crippen LogP contribution is 2.17. The lowest BCUT2D eigenvalue weighted by molar-refractivity contribution is 1.19. The predicted molar refractivity (Wildman–Crippen MR) is 44.1 cm³/mol. The molecular formula is C8H8ClN. The summed E-state index contributed by atoms with van der Waals surface area (Å²) in [7, 11) is 0. The minimum atomic E-state index is 0.711. The fraction of sp³-hybridized carbons (Fsp3) is 0.125. The third kappa shape index (κ3) is 1.19. The molecule has 1 aromatic rings. The maximum absolute atomic E-state index is 5.82. The van der Waals surface area contributed by atoms with Gasteiger partial charge in [0.25, 0.3) is 0 Å². The molecule has 0 aliphatic carbocycles. The van der Waals surface area contributed by atoms with Crippen LogP contribution >= 0.6 is 11.6 Å². The summed E-state index contributed by atoms with van der Waals surface area (Å²) >= 11 is 5.82. The zero-order valence-electron chi connectivity index (χ0n) is 5.76. The molecule has 0 aliphatic rings. The van der Waals surface area contributed by atoms with Crippen LogP contribution in [0.25, 0.3) is 6.08 Å². The zero-order valence-corrected chi connectivity index (χ0v) is 6.52. The number of nitrogens with zero attached hydrogens (tertiary/aromatic N) is 1. The molecule has 1 rings (SSSR count). The van der Waals surface area contributed by atoms with Crippen LogP contribution in [-0.2, 0) is 0 Å². The maximum atomic E-state index is 5.82. The Balaban J connectivity index is 3.30. The lowest BCUT2D eigenvalue weighted by Crippen LogP contribution is -1.85. The summed E-state index contributed by atoms with van der Waals surface area (Å²) in [4.78, 5) is 4.06. The van der Waals surface area contributed by atoms with Crippen molar-refractivity contribution >= 4 is 17.7 Å². The predicted octanol–water partition coefficient (Wildman–Crippen LogP) is 2.69. The van der Waals surface area contributed by atoms with E-state index in [4.69, 9.17) is 11.6 Å². The van der Waals surface area contributed by atoms with Crippen molar-refractivity contribution < 1.29 is 0 Å². The van der Waals surface area contributed by atoms with Crippen molar-refractivity contribution in [1.82, 2.24) is 4.98 Å². The highest BCUT2D eigenvalue weighted by Gasteiger charge is 1.97. The van der Waals surface area contributed by atoms with Gasteiger partial charge in [0, 0.05) is 17.5 Å². The fourth-order valence-electron chi connectivity index (χ4n) is 0.792. The SMILES string of the molecule is C=Cc1c(Cl)ccnc1C. The third-order valence-electron chi connectivity index (χ3n) is 1.34. The Bertz CT molecular complexity index is 235. The van der Waals surface area contributed by atoms with Gasteiger partial charge in [-0.05, 0) is 13.0 Å². The summed E-state index contributed by atoms with van der Waals surface area (Å²) in [6.45, 7) is 5.53. The molecule has 0 N–H and O–H groups in total. The Morgan fingerprint density at radius 1 is 1.70 bits per heavy atom. The number of aryl methyl sites for hydroxylation is 1. The van der Waals surface area contributed by atoms with Crippen LogP contribution in [0.4, 0.5) is 0 Å². The molecule has 0 aliphatic heterocycles. The molecule has 1 nitrogen and oxygen atoms in total. The lowest BCUT2D eigenvalue weighted by Gasteiger charge is -1.99. The van der Waals surface area contributed by atoms with Crippen molar-refractivity contribution in [2.45, 2.75) is 6.92 Å². The second kappa shape index (κ2) is 2.84. The number of halogens is 1. The summed E-state index contributed by atoms with van der Waals surface area (Å²) < 4.78 is 0. The van der Waals surface area contributed by atoms with Crippen molar-refractivity contribution in [1.29, 1.82) is 0 Å². The van der Waals surface area contributed by atoms with Gasteiger partial charge in [-0.25, -0.2) is 0 Å². The first-order valence-electron chi connectivity index (χ1n) is 2.99. The molecule has 0 saturated heterocycles. The van der Waals surface area contributed by atoms with Gasteiger partial charge in [-0.15, -0.1) is 0 Å². The Kier molecular flexibility index (Phi) is 2.07. The van der Waals surface area contributed by atoms with E-state index in [0.29, 0.717) is 5.02 Å². The minimum Gasteiger partial charge on any atom is -0.261 e. The van der Waals surface area contributed by atoms with Crippen molar-refractivity contribution in [2.75, 3.05) is 0 Å². The standard InChI is InChI=1S/C8H8ClN/c1-3-7-6(2)10-5-4-8(7)9/h3-5H,1H2,2H3. The second-order valence-electron chi connectivity index (χ2n) is 2.00. The van der Waals surface area contributed by atoms with Crippen LogP contribution in [-0.4, -0.2) is 4.98 Å². The van der Waals surface area contributed by atoms with Crippen LogP contribution in [0.2, 0.25) is 5.02 Å². The average molecular weight is 154 g/mol. The van der Waals surface area contributed by atoms with Crippen molar-refractivity contribution in [3.05, 3.63) is 35.1 Å². The first kappa shape index (κ1) is 7.29. The van der Waals surface area contributed by atoms with Crippen molar-refractivity contribution in [2.24, 2.45) is 0 Å². The highest BCUT2D eigenvalue weighted by atomic mass is 35.5. The number of hydrogen-bond donors (Lipinski definition) is 0. The Morgan fingerprint density at radius 3 is 2.80 bits per heavy atom. The van der Waals surface area contributed by atoms with Gasteiger partial charge >= 0.3 is 0 Å². The summed E-state index contributed by atoms with van der Waals surface area (Å²) in [6.07, 6.45) is 3.40.